The van der Waals surface area contributed by atoms with Gasteiger partial charge < -0.3 is 0 Å². The molecule has 0 aliphatic heterocycles. The zero-order chi connectivity index (χ0) is 4.83. The standard InChI is InChI=1S/C4H3NS/c5-3-1-2-4-6/h1-2,4H. The van der Waals surface area contributed by atoms with Gasteiger partial charge in [-0.25, -0.2) is 0 Å². The predicted octanol–water partition coefficient (Wildman–Crippen LogP) is 1.07. The van der Waals surface area contributed by atoms with E-state index in [1.165, 1.54) is 17.5 Å². The summed E-state index contributed by atoms with van der Waals surface area (Å²) in [4.78, 5) is 0. The van der Waals surface area contributed by atoms with Gasteiger partial charge in [0.1, 0.15) is 0 Å². The van der Waals surface area contributed by atoms with Crippen LogP contribution in [0.4, 0.5) is 0 Å². The molecule has 0 atom stereocenters. The van der Waals surface area contributed by atoms with Crippen molar-refractivity contribution in [1.29, 1.82) is 5.26 Å². The maximum absolute atomic E-state index is 7.79. The molecular weight excluding hydrogens is 94.1 g/mol. The first-order valence-corrected chi connectivity index (χ1v) is 1.89. The van der Waals surface area contributed by atoms with E-state index in [9.17, 15) is 0 Å². The van der Waals surface area contributed by atoms with Crippen LogP contribution in [-0.2, 0) is 0 Å². The minimum Gasteiger partial charge on any atom is -0.193 e. The molecule has 0 amide bonds. The van der Waals surface area contributed by atoms with E-state index in [2.05, 4.69) is 12.2 Å². The third kappa shape index (κ3) is 3.32. The van der Waals surface area contributed by atoms with E-state index in [1.54, 1.807) is 6.07 Å². The van der Waals surface area contributed by atoms with Crippen LogP contribution in [0.1, 0.15) is 0 Å². The molecule has 0 saturated heterocycles. The largest absolute Gasteiger partial charge is 0.193 e. The quantitative estimate of drug-likeness (QED) is 0.277. The van der Waals surface area contributed by atoms with Crippen molar-refractivity contribution in [1.82, 2.24) is 0 Å². The molecule has 0 saturated carbocycles. The Morgan fingerprint density at radius 3 is 2.50 bits per heavy atom. The Kier molecular flexibility index (Phi) is 3.83. The highest BCUT2D eigenvalue weighted by Crippen LogP contribution is 1.60. The van der Waals surface area contributed by atoms with Gasteiger partial charge in [-0.3, -0.25) is 0 Å². The van der Waals surface area contributed by atoms with E-state index < -0.39 is 0 Å². The number of rotatable bonds is 1. The first-order valence-electron chi connectivity index (χ1n) is 1.41. The fraction of sp³-hybridized carbons (Fsp3) is 0. The maximum Gasteiger partial charge on any atom is 0.0912 e. The van der Waals surface area contributed by atoms with Crippen LogP contribution in [0.15, 0.2) is 12.2 Å². The van der Waals surface area contributed by atoms with E-state index in [1.807, 2.05) is 0 Å². The van der Waals surface area contributed by atoms with E-state index >= 15 is 0 Å². The Bertz CT molecular complexity index is 98.6. The number of nitriles is 1. The predicted molar refractivity (Wildman–Crippen MR) is 28.4 cm³/mol. The van der Waals surface area contributed by atoms with Crippen molar-refractivity contribution in [2.75, 3.05) is 0 Å². The third-order valence-corrected chi connectivity index (χ3v) is 0.406. The molecule has 30 valence electrons. The smallest absolute Gasteiger partial charge is 0.0912 e. The molecule has 0 fully saturated rings. The second-order valence-electron chi connectivity index (χ2n) is 0.624. The van der Waals surface area contributed by atoms with Crippen LogP contribution in [0.25, 0.3) is 0 Å². The molecule has 0 aliphatic rings. The SMILES string of the molecule is N#CC=CC=S. The first-order chi connectivity index (χ1) is 2.91. The van der Waals surface area contributed by atoms with Gasteiger partial charge in [0.05, 0.1) is 6.07 Å². The van der Waals surface area contributed by atoms with Gasteiger partial charge in [-0.15, -0.1) is 0 Å². The third-order valence-electron chi connectivity index (χ3n) is 0.249. The van der Waals surface area contributed by atoms with E-state index in [0.29, 0.717) is 0 Å². The Balaban J connectivity index is 3.26. The highest BCUT2D eigenvalue weighted by molar-refractivity contribution is 7.79. The van der Waals surface area contributed by atoms with Crippen LogP contribution in [0.2, 0.25) is 0 Å². The summed E-state index contributed by atoms with van der Waals surface area (Å²) >= 11 is 4.35. The summed E-state index contributed by atoms with van der Waals surface area (Å²) in [7, 11) is 0. The molecule has 0 aromatic carbocycles. The number of allylic oxidation sites excluding steroid dienone is 2. The molecule has 0 rings (SSSR count). The van der Waals surface area contributed by atoms with Gasteiger partial charge in [-0.1, -0.05) is 12.2 Å². The van der Waals surface area contributed by atoms with Crippen LogP contribution in [0.3, 0.4) is 0 Å². The second kappa shape index (κ2) is 4.32. The van der Waals surface area contributed by atoms with Crippen molar-refractivity contribution in [3.8, 4) is 6.07 Å². The zero-order valence-corrected chi connectivity index (χ0v) is 3.90. The van der Waals surface area contributed by atoms with Gasteiger partial charge in [0, 0.05) is 11.4 Å². The molecule has 0 spiro atoms. The van der Waals surface area contributed by atoms with Crippen molar-refractivity contribution in [2.45, 2.75) is 0 Å². The molecule has 2 heteroatoms. The number of nitrogens with zero attached hydrogens (tertiary/aromatic N) is 1. The van der Waals surface area contributed by atoms with Crippen LogP contribution in [0, 0.1) is 11.3 Å². The molecule has 0 aromatic rings. The van der Waals surface area contributed by atoms with E-state index in [0.717, 1.165) is 0 Å². The zero-order valence-electron chi connectivity index (χ0n) is 3.09. The molecule has 0 radical (unpaired) electrons. The van der Waals surface area contributed by atoms with Crippen molar-refractivity contribution in [3.05, 3.63) is 12.2 Å². The number of thiocarbonyl (C=S) groups is 1. The van der Waals surface area contributed by atoms with Gasteiger partial charge in [-0.2, -0.15) is 5.26 Å². The Morgan fingerprint density at radius 2 is 2.33 bits per heavy atom. The average Bonchev–Trinajstić information content (AvgIpc) is 1.61. The fourth-order valence-corrected chi connectivity index (χ4v) is 0.161. The Hall–Kier alpha value is -0.680. The van der Waals surface area contributed by atoms with Crippen LogP contribution >= 0.6 is 12.2 Å². The molecule has 0 N–H and O–H groups in total. The fourth-order valence-electron chi connectivity index (χ4n) is 0.0823. The molecule has 0 bridgehead atoms. The minimum absolute atomic E-state index is 1.33. The highest BCUT2D eigenvalue weighted by atomic mass is 32.1. The van der Waals surface area contributed by atoms with Gasteiger partial charge >= 0.3 is 0 Å². The molecule has 1 nitrogen and oxygen atoms in total. The summed E-state index contributed by atoms with van der Waals surface area (Å²) in [6.07, 6.45) is 2.84. The van der Waals surface area contributed by atoms with Gasteiger partial charge in [0.2, 0.25) is 0 Å². The van der Waals surface area contributed by atoms with Crippen LogP contribution in [-0.4, -0.2) is 5.37 Å². The highest BCUT2D eigenvalue weighted by Gasteiger charge is 1.52. The normalized spacial score (nSPS) is 7.83. The molecule has 0 unspecified atom stereocenters. The van der Waals surface area contributed by atoms with Crippen molar-refractivity contribution >= 4 is 17.6 Å². The van der Waals surface area contributed by atoms with Gasteiger partial charge in [0.15, 0.2) is 0 Å². The van der Waals surface area contributed by atoms with Crippen molar-refractivity contribution < 1.29 is 0 Å². The lowest BCUT2D eigenvalue weighted by Gasteiger charge is -1.52. The van der Waals surface area contributed by atoms with Crippen molar-refractivity contribution in [3.63, 3.8) is 0 Å². The number of hydrogen-bond donors (Lipinski definition) is 0. The van der Waals surface area contributed by atoms with Gasteiger partial charge in [0.25, 0.3) is 0 Å². The van der Waals surface area contributed by atoms with Crippen LogP contribution < -0.4 is 0 Å². The second-order valence-corrected chi connectivity index (χ2v) is 0.896. The summed E-state index contributed by atoms with van der Waals surface area (Å²) in [5.74, 6) is 0. The summed E-state index contributed by atoms with van der Waals surface area (Å²) in [5.41, 5.74) is 0. The maximum atomic E-state index is 7.79. The van der Waals surface area contributed by atoms with Crippen molar-refractivity contribution in [2.24, 2.45) is 0 Å². The average molecular weight is 97.1 g/mol. The van der Waals surface area contributed by atoms with E-state index in [-0.39, 0.29) is 0 Å². The lowest BCUT2D eigenvalue weighted by molar-refractivity contribution is 1.54. The summed E-state index contributed by atoms with van der Waals surface area (Å²) in [5, 5.41) is 9.19. The molecule has 0 aromatic heterocycles. The topological polar surface area (TPSA) is 23.8 Å². The summed E-state index contributed by atoms with van der Waals surface area (Å²) < 4.78 is 0. The molecule has 0 aliphatic carbocycles. The molecule has 6 heavy (non-hydrogen) atoms. The first kappa shape index (κ1) is 5.32. The van der Waals surface area contributed by atoms with Gasteiger partial charge in [-0.05, 0) is 6.08 Å². The summed E-state index contributed by atoms with van der Waals surface area (Å²) in [6.45, 7) is 0. The summed E-state index contributed by atoms with van der Waals surface area (Å²) in [6, 6.07) is 1.79. The number of hydrogen-bond acceptors (Lipinski definition) is 2. The Labute approximate surface area is 41.9 Å². The van der Waals surface area contributed by atoms with E-state index in [4.69, 9.17) is 5.26 Å². The Morgan fingerprint density at radius 1 is 1.67 bits per heavy atom. The van der Waals surface area contributed by atoms with Crippen LogP contribution in [0.5, 0.6) is 0 Å². The lowest BCUT2D eigenvalue weighted by Crippen LogP contribution is -1.48. The minimum atomic E-state index is 1.33. The molecular formula is C4H3NS. The lowest BCUT2D eigenvalue weighted by atomic mass is 10.6. The molecule has 0 heterocycles. The monoisotopic (exact) mass is 97.0 g/mol.